The van der Waals surface area contributed by atoms with Crippen molar-refractivity contribution < 1.29 is 9.53 Å². The highest BCUT2D eigenvalue weighted by molar-refractivity contribution is 5.94. The van der Waals surface area contributed by atoms with Crippen molar-refractivity contribution in [2.75, 3.05) is 39.8 Å². The van der Waals surface area contributed by atoms with Crippen molar-refractivity contribution in [2.45, 2.75) is 6.42 Å². The van der Waals surface area contributed by atoms with Gasteiger partial charge in [-0.25, -0.2) is 0 Å². The van der Waals surface area contributed by atoms with E-state index in [2.05, 4.69) is 35.8 Å². The topological polar surface area (TPSA) is 32.8 Å². The average molecular weight is 377 g/mol. The number of allylic oxidation sites excluding steroid dienone is 1. The molecule has 146 valence electrons. The predicted octanol–water partition coefficient (Wildman–Crippen LogP) is 3.89. The minimum absolute atomic E-state index is 0.0902. The second-order valence-corrected chi connectivity index (χ2v) is 6.93. The van der Waals surface area contributed by atoms with Crippen LogP contribution in [-0.2, 0) is 6.42 Å². The van der Waals surface area contributed by atoms with Gasteiger partial charge >= 0.3 is 0 Å². The molecule has 0 bridgehead atoms. The Morgan fingerprint density at radius 1 is 1.11 bits per heavy atom. The third-order valence-corrected chi connectivity index (χ3v) is 5.02. The molecule has 1 fully saturated rings. The zero-order valence-corrected chi connectivity index (χ0v) is 16.5. The van der Waals surface area contributed by atoms with E-state index in [1.807, 2.05) is 47.4 Å². The molecule has 0 N–H and O–H groups in total. The number of carbonyl (C=O) groups excluding carboxylic acids is 1. The third-order valence-electron chi connectivity index (χ3n) is 5.02. The maximum Gasteiger partial charge on any atom is 0.253 e. The summed E-state index contributed by atoms with van der Waals surface area (Å²) < 4.78 is 5.38. The Morgan fingerprint density at radius 3 is 2.54 bits per heavy atom. The highest BCUT2D eigenvalue weighted by Crippen LogP contribution is 2.22. The molecule has 1 heterocycles. The molecule has 0 aromatic heterocycles. The van der Waals surface area contributed by atoms with E-state index in [-0.39, 0.29) is 5.91 Å². The second kappa shape index (κ2) is 9.90. The Labute approximate surface area is 167 Å². The maximum atomic E-state index is 12.9. The van der Waals surface area contributed by atoms with Crippen LogP contribution in [0, 0.1) is 0 Å². The van der Waals surface area contributed by atoms with Gasteiger partial charge in [-0.3, -0.25) is 9.69 Å². The van der Waals surface area contributed by atoms with Crippen LogP contribution in [0.4, 0.5) is 0 Å². The molecule has 0 saturated carbocycles. The van der Waals surface area contributed by atoms with Crippen molar-refractivity contribution in [2.24, 2.45) is 0 Å². The number of piperazine rings is 1. The van der Waals surface area contributed by atoms with E-state index >= 15 is 0 Å². The summed E-state index contributed by atoms with van der Waals surface area (Å²) in [6.45, 7) is 7.97. The van der Waals surface area contributed by atoms with Crippen molar-refractivity contribution in [3.8, 4) is 5.75 Å². The second-order valence-electron chi connectivity index (χ2n) is 6.93. The van der Waals surface area contributed by atoms with Gasteiger partial charge in [-0.05, 0) is 35.7 Å². The third kappa shape index (κ3) is 5.11. The minimum atomic E-state index is 0.0902. The molecule has 2 aromatic carbocycles. The Bertz CT molecular complexity index is 822. The average Bonchev–Trinajstić information content (AvgIpc) is 2.75. The zero-order chi connectivity index (χ0) is 19.8. The summed E-state index contributed by atoms with van der Waals surface area (Å²) in [6, 6.07) is 16.0. The Balaban J connectivity index is 1.54. The normalized spacial score (nSPS) is 15.0. The van der Waals surface area contributed by atoms with Crippen LogP contribution in [0.25, 0.3) is 6.08 Å². The summed E-state index contributed by atoms with van der Waals surface area (Å²) in [5.74, 6) is 0.888. The lowest BCUT2D eigenvalue weighted by atomic mass is 10.1. The first-order valence-electron chi connectivity index (χ1n) is 9.72. The highest BCUT2D eigenvalue weighted by atomic mass is 16.5. The summed E-state index contributed by atoms with van der Waals surface area (Å²) in [4.78, 5) is 17.2. The molecule has 1 amide bonds. The van der Waals surface area contributed by atoms with Gasteiger partial charge < -0.3 is 9.64 Å². The number of ether oxygens (including phenoxy) is 1. The van der Waals surface area contributed by atoms with Crippen molar-refractivity contribution in [1.29, 1.82) is 0 Å². The van der Waals surface area contributed by atoms with Crippen LogP contribution >= 0.6 is 0 Å². The van der Waals surface area contributed by atoms with Gasteiger partial charge in [0.25, 0.3) is 5.91 Å². The number of rotatable bonds is 7. The van der Waals surface area contributed by atoms with Crippen molar-refractivity contribution in [1.82, 2.24) is 9.80 Å². The quantitative estimate of drug-likeness (QED) is 0.687. The fourth-order valence-corrected chi connectivity index (χ4v) is 3.44. The largest absolute Gasteiger partial charge is 0.496 e. The molecule has 28 heavy (non-hydrogen) atoms. The van der Waals surface area contributed by atoms with Gasteiger partial charge in [-0.2, -0.15) is 0 Å². The number of benzene rings is 2. The van der Waals surface area contributed by atoms with Crippen LogP contribution < -0.4 is 4.74 Å². The first-order valence-corrected chi connectivity index (χ1v) is 9.72. The monoisotopic (exact) mass is 376 g/mol. The molecule has 0 atom stereocenters. The molecule has 3 rings (SSSR count). The van der Waals surface area contributed by atoms with E-state index < -0.39 is 0 Å². The number of carbonyl (C=O) groups is 1. The van der Waals surface area contributed by atoms with E-state index in [1.165, 1.54) is 5.56 Å². The standard InChI is InChI=1S/C24H28N2O2/c1-3-8-21-19-22(12-13-23(21)28-2)24(27)26-17-15-25(16-18-26)14-7-11-20-9-5-4-6-10-20/h3-7,9-13,19H,1,8,14-18H2,2H3/b11-7+. The molecule has 0 unspecified atom stereocenters. The number of hydrogen-bond donors (Lipinski definition) is 0. The summed E-state index contributed by atoms with van der Waals surface area (Å²) in [5.41, 5.74) is 2.93. The zero-order valence-electron chi connectivity index (χ0n) is 16.5. The first kappa shape index (κ1) is 19.9. The molecule has 1 aliphatic heterocycles. The van der Waals surface area contributed by atoms with E-state index in [4.69, 9.17) is 4.74 Å². The Kier molecular flexibility index (Phi) is 7.04. The number of nitrogens with zero attached hydrogens (tertiary/aromatic N) is 2. The lowest BCUT2D eigenvalue weighted by molar-refractivity contribution is 0.0650. The molecule has 0 spiro atoms. The number of hydrogen-bond acceptors (Lipinski definition) is 3. The first-order chi connectivity index (χ1) is 13.7. The van der Waals surface area contributed by atoms with Gasteiger partial charge in [0.1, 0.15) is 5.75 Å². The number of amides is 1. The summed E-state index contributed by atoms with van der Waals surface area (Å²) in [7, 11) is 1.65. The molecular formula is C24H28N2O2. The Morgan fingerprint density at radius 2 is 1.86 bits per heavy atom. The van der Waals surface area contributed by atoms with Crippen molar-refractivity contribution >= 4 is 12.0 Å². The van der Waals surface area contributed by atoms with Crippen molar-refractivity contribution in [3.63, 3.8) is 0 Å². The van der Waals surface area contributed by atoms with Crippen LogP contribution in [0.3, 0.4) is 0 Å². The van der Waals surface area contributed by atoms with Gasteiger partial charge in [0.05, 0.1) is 7.11 Å². The van der Waals surface area contributed by atoms with Gasteiger partial charge in [0, 0.05) is 38.3 Å². The van der Waals surface area contributed by atoms with Crippen LogP contribution in [0.1, 0.15) is 21.5 Å². The lowest BCUT2D eigenvalue weighted by Crippen LogP contribution is -2.48. The SMILES string of the molecule is C=CCc1cc(C(=O)N2CCN(C/C=C/c3ccccc3)CC2)ccc1OC. The van der Waals surface area contributed by atoms with Crippen LogP contribution in [0.5, 0.6) is 5.75 Å². The predicted molar refractivity (Wildman–Crippen MR) is 115 cm³/mol. The lowest BCUT2D eigenvalue weighted by Gasteiger charge is -2.34. The fraction of sp³-hybridized carbons (Fsp3) is 0.292. The van der Waals surface area contributed by atoms with E-state index in [1.54, 1.807) is 7.11 Å². The van der Waals surface area contributed by atoms with E-state index in [9.17, 15) is 4.79 Å². The van der Waals surface area contributed by atoms with Crippen LogP contribution in [0.2, 0.25) is 0 Å². The highest BCUT2D eigenvalue weighted by Gasteiger charge is 2.22. The fourth-order valence-electron chi connectivity index (χ4n) is 3.44. The maximum absolute atomic E-state index is 12.9. The summed E-state index contributed by atoms with van der Waals surface area (Å²) >= 11 is 0. The molecule has 0 radical (unpaired) electrons. The molecule has 1 aliphatic rings. The van der Waals surface area contributed by atoms with Gasteiger partial charge in [-0.1, -0.05) is 48.6 Å². The van der Waals surface area contributed by atoms with Gasteiger partial charge in [-0.15, -0.1) is 6.58 Å². The van der Waals surface area contributed by atoms with Crippen LogP contribution in [0.15, 0.2) is 67.3 Å². The summed E-state index contributed by atoms with van der Waals surface area (Å²) in [5, 5.41) is 0. The molecule has 1 saturated heterocycles. The molecular weight excluding hydrogens is 348 g/mol. The molecule has 0 aliphatic carbocycles. The van der Waals surface area contributed by atoms with Crippen LogP contribution in [-0.4, -0.2) is 55.5 Å². The van der Waals surface area contributed by atoms with E-state index in [0.717, 1.165) is 49.6 Å². The minimum Gasteiger partial charge on any atom is -0.496 e. The van der Waals surface area contributed by atoms with Crippen molar-refractivity contribution in [3.05, 3.63) is 84.0 Å². The molecule has 4 heteroatoms. The molecule has 4 nitrogen and oxygen atoms in total. The van der Waals surface area contributed by atoms with E-state index in [0.29, 0.717) is 6.42 Å². The molecule has 2 aromatic rings. The summed E-state index contributed by atoms with van der Waals surface area (Å²) in [6.07, 6.45) is 6.85. The number of methoxy groups -OCH3 is 1. The van der Waals surface area contributed by atoms with Gasteiger partial charge in [0.2, 0.25) is 0 Å². The van der Waals surface area contributed by atoms with Gasteiger partial charge in [0.15, 0.2) is 0 Å². The Hall–Kier alpha value is -2.85. The smallest absolute Gasteiger partial charge is 0.253 e.